The monoisotopic (exact) mass is 350 g/mol. The summed E-state index contributed by atoms with van der Waals surface area (Å²) in [6.07, 6.45) is 0. The highest BCUT2D eigenvalue weighted by Gasteiger charge is 2.47. The number of nitrogens with two attached hydrogens (primary N) is 1. The molecule has 0 bridgehead atoms. The number of nitrogens with zero attached hydrogens (tertiary/aromatic N) is 1. The fraction of sp³-hybridized carbons (Fsp3) is 0.188. The summed E-state index contributed by atoms with van der Waals surface area (Å²) in [5.74, 6) is 1.18. The van der Waals surface area contributed by atoms with E-state index in [1.807, 2.05) is 18.2 Å². The van der Waals surface area contributed by atoms with Crippen molar-refractivity contribution in [2.75, 3.05) is 11.7 Å². The molecule has 7 heteroatoms. The van der Waals surface area contributed by atoms with E-state index in [9.17, 15) is 4.79 Å². The maximum absolute atomic E-state index is 12.2. The fourth-order valence-electron chi connectivity index (χ4n) is 2.89. The Hall–Kier alpha value is -1.95. The minimum atomic E-state index is -0.607. The van der Waals surface area contributed by atoms with Gasteiger partial charge in [0.05, 0.1) is 16.1 Å². The largest absolute Gasteiger partial charge is 0.454 e. The minimum Gasteiger partial charge on any atom is -0.454 e. The van der Waals surface area contributed by atoms with Crippen LogP contribution in [0.3, 0.4) is 0 Å². The molecule has 0 saturated carbocycles. The third-order valence-electron chi connectivity index (χ3n) is 4.06. The van der Waals surface area contributed by atoms with Gasteiger partial charge in [-0.15, -0.1) is 0 Å². The van der Waals surface area contributed by atoms with Gasteiger partial charge >= 0.3 is 0 Å². The zero-order valence-electron chi connectivity index (χ0n) is 11.8. The maximum Gasteiger partial charge on any atom is 0.247 e. The lowest BCUT2D eigenvalue weighted by Gasteiger charge is -2.45. The van der Waals surface area contributed by atoms with Crippen molar-refractivity contribution in [2.24, 2.45) is 5.73 Å². The van der Waals surface area contributed by atoms with Gasteiger partial charge in [-0.2, -0.15) is 0 Å². The summed E-state index contributed by atoms with van der Waals surface area (Å²) in [6.45, 7) is 0.199. The highest BCUT2D eigenvalue weighted by molar-refractivity contribution is 6.42. The van der Waals surface area contributed by atoms with Crippen LogP contribution in [0.15, 0.2) is 36.4 Å². The fourth-order valence-corrected chi connectivity index (χ4v) is 3.18. The first-order chi connectivity index (χ1) is 11.1. The molecule has 2 aromatic carbocycles. The number of benzene rings is 2. The molecule has 0 radical (unpaired) electrons. The van der Waals surface area contributed by atoms with Gasteiger partial charge in [0.1, 0.15) is 6.04 Å². The summed E-state index contributed by atoms with van der Waals surface area (Å²) in [7, 11) is 0. The minimum absolute atomic E-state index is 0.161. The van der Waals surface area contributed by atoms with Gasteiger partial charge in [0.2, 0.25) is 12.7 Å². The van der Waals surface area contributed by atoms with E-state index in [0.717, 1.165) is 5.56 Å². The van der Waals surface area contributed by atoms with E-state index in [2.05, 4.69) is 0 Å². The lowest BCUT2D eigenvalue weighted by molar-refractivity contribution is -0.126. The van der Waals surface area contributed by atoms with Crippen molar-refractivity contribution in [1.82, 2.24) is 0 Å². The van der Waals surface area contributed by atoms with Gasteiger partial charge in [-0.05, 0) is 35.9 Å². The van der Waals surface area contributed by atoms with Crippen molar-refractivity contribution in [3.05, 3.63) is 52.0 Å². The molecule has 1 saturated heterocycles. The van der Waals surface area contributed by atoms with Crippen LogP contribution in [0.1, 0.15) is 11.6 Å². The summed E-state index contributed by atoms with van der Waals surface area (Å²) in [5, 5.41) is 0.828. The summed E-state index contributed by atoms with van der Waals surface area (Å²) in [4.78, 5) is 13.9. The van der Waals surface area contributed by atoms with Crippen molar-refractivity contribution >= 4 is 34.8 Å². The van der Waals surface area contributed by atoms with Crippen LogP contribution in [0, 0.1) is 0 Å². The number of anilines is 1. The molecule has 118 valence electrons. The molecule has 23 heavy (non-hydrogen) atoms. The summed E-state index contributed by atoms with van der Waals surface area (Å²) in [6, 6.07) is 9.73. The van der Waals surface area contributed by atoms with Crippen LogP contribution in [0.4, 0.5) is 5.69 Å². The van der Waals surface area contributed by atoms with E-state index in [0.29, 0.717) is 27.2 Å². The van der Waals surface area contributed by atoms with Crippen molar-refractivity contribution in [2.45, 2.75) is 12.1 Å². The van der Waals surface area contributed by atoms with Crippen molar-refractivity contribution in [3.63, 3.8) is 0 Å². The molecule has 2 atom stereocenters. The van der Waals surface area contributed by atoms with Gasteiger partial charge < -0.3 is 20.1 Å². The molecule has 2 aromatic rings. The Bertz CT molecular complexity index is 812. The molecule has 0 aromatic heterocycles. The number of amides is 1. The molecule has 2 N–H and O–H groups in total. The van der Waals surface area contributed by atoms with Gasteiger partial charge in [-0.25, -0.2) is 0 Å². The predicted octanol–water partition coefficient (Wildman–Crippen LogP) is 3.14. The smallest absolute Gasteiger partial charge is 0.247 e. The first-order valence-electron chi connectivity index (χ1n) is 6.99. The SMILES string of the molecule is N[C@H]1C(=O)N(c2ccc(Cl)c(Cl)c2)[C@H]1c1ccc2c(c1)OCO2. The van der Waals surface area contributed by atoms with E-state index in [1.165, 1.54) is 0 Å². The summed E-state index contributed by atoms with van der Waals surface area (Å²) in [5.41, 5.74) is 7.56. The molecule has 0 aliphatic carbocycles. The van der Waals surface area contributed by atoms with Crippen molar-refractivity contribution in [1.29, 1.82) is 0 Å². The molecule has 2 aliphatic rings. The lowest BCUT2D eigenvalue weighted by atomic mass is 9.88. The number of carbonyl (C=O) groups is 1. The highest BCUT2D eigenvalue weighted by atomic mass is 35.5. The molecule has 1 amide bonds. The van der Waals surface area contributed by atoms with Gasteiger partial charge in [0.15, 0.2) is 11.5 Å². The Kier molecular flexibility index (Phi) is 3.37. The van der Waals surface area contributed by atoms with E-state index in [-0.39, 0.29) is 18.7 Å². The van der Waals surface area contributed by atoms with Crippen molar-refractivity contribution < 1.29 is 14.3 Å². The number of β-lactam (4-membered cyclic amide) rings is 1. The van der Waals surface area contributed by atoms with Crippen LogP contribution in [0.5, 0.6) is 11.5 Å². The number of carbonyl (C=O) groups excluding carboxylic acids is 1. The van der Waals surface area contributed by atoms with Crippen LogP contribution in [-0.2, 0) is 4.79 Å². The molecule has 0 spiro atoms. The number of halogens is 2. The normalized spacial score (nSPS) is 22.2. The molecule has 2 aliphatic heterocycles. The third kappa shape index (κ3) is 2.24. The lowest BCUT2D eigenvalue weighted by Crippen LogP contribution is -2.63. The van der Waals surface area contributed by atoms with Gasteiger partial charge in [0, 0.05) is 5.69 Å². The van der Waals surface area contributed by atoms with Gasteiger partial charge in [-0.3, -0.25) is 4.79 Å². The average Bonchev–Trinajstić information content (AvgIpc) is 3.02. The summed E-state index contributed by atoms with van der Waals surface area (Å²) >= 11 is 12.0. The first kappa shape index (κ1) is 14.6. The molecule has 5 nitrogen and oxygen atoms in total. The summed E-state index contributed by atoms with van der Waals surface area (Å²) < 4.78 is 10.7. The molecule has 2 heterocycles. The van der Waals surface area contributed by atoms with Crippen molar-refractivity contribution in [3.8, 4) is 11.5 Å². The predicted molar refractivity (Wildman–Crippen MR) is 87.2 cm³/mol. The third-order valence-corrected chi connectivity index (χ3v) is 4.80. The Morgan fingerprint density at radius 3 is 2.61 bits per heavy atom. The molecule has 0 unspecified atom stereocenters. The Morgan fingerprint density at radius 2 is 1.83 bits per heavy atom. The Balaban J connectivity index is 1.72. The number of fused-ring (bicyclic) bond motifs is 1. The topological polar surface area (TPSA) is 64.8 Å². The average molecular weight is 351 g/mol. The van der Waals surface area contributed by atoms with Crippen LogP contribution in [0.25, 0.3) is 0 Å². The van der Waals surface area contributed by atoms with Gasteiger partial charge in [-0.1, -0.05) is 29.3 Å². The Labute approximate surface area is 142 Å². The van der Waals surface area contributed by atoms with E-state index < -0.39 is 6.04 Å². The Morgan fingerprint density at radius 1 is 1.04 bits per heavy atom. The second-order valence-electron chi connectivity index (χ2n) is 5.39. The second-order valence-corrected chi connectivity index (χ2v) is 6.20. The number of hydrogen-bond donors (Lipinski definition) is 1. The number of hydrogen-bond acceptors (Lipinski definition) is 4. The number of rotatable bonds is 2. The molecule has 1 fully saturated rings. The maximum atomic E-state index is 12.2. The second kappa shape index (κ2) is 5.30. The standard InChI is InChI=1S/C16H12Cl2N2O3/c17-10-3-2-9(6-11(10)18)20-15(14(19)16(20)21)8-1-4-12-13(5-8)23-7-22-12/h1-6,14-15H,7,19H2/t14-,15+/m1/s1. The van der Waals surface area contributed by atoms with E-state index in [1.54, 1.807) is 23.1 Å². The molecule has 4 rings (SSSR count). The van der Waals surface area contributed by atoms with Crippen LogP contribution in [-0.4, -0.2) is 18.7 Å². The van der Waals surface area contributed by atoms with Crippen LogP contribution < -0.4 is 20.1 Å². The first-order valence-corrected chi connectivity index (χ1v) is 7.75. The quantitative estimate of drug-likeness (QED) is 0.845. The molecular formula is C16H12Cl2N2O3. The van der Waals surface area contributed by atoms with E-state index in [4.69, 9.17) is 38.4 Å². The van der Waals surface area contributed by atoms with Crippen LogP contribution in [0.2, 0.25) is 10.0 Å². The zero-order chi connectivity index (χ0) is 16.1. The molecular weight excluding hydrogens is 339 g/mol. The van der Waals surface area contributed by atoms with Gasteiger partial charge in [0.25, 0.3) is 0 Å². The van der Waals surface area contributed by atoms with E-state index >= 15 is 0 Å². The zero-order valence-corrected chi connectivity index (χ0v) is 13.3. The highest BCUT2D eigenvalue weighted by Crippen LogP contribution is 2.43. The number of ether oxygens (including phenoxy) is 2. The van der Waals surface area contributed by atoms with Crippen LogP contribution >= 0.6 is 23.2 Å².